The molecule has 0 spiro atoms. The third-order valence-electron chi connectivity index (χ3n) is 4.44. The maximum absolute atomic E-state index is 12.1. The summed E-state index contributed by atoms with van der Waals surface area (Å²) in [6.07, 6.45) is 3.95. The van der Waals surface area contributed by atoms with Crippen LogP contribution in [0, 0.1) is 17.8 Å². The molecule has 110 valence electrons. The van der Waals surface area contributed by atoms with E-state index in [1.807, 2.05) is 30.3 Å². The summed E-state index contributed by atoms with van der Waals surface area (Å²) in [5.41, 5.74) is 1.03. The van der Waals surface area contributed by atoms with Crippen LogP contribution in [0.25, 0.3) is 0 Å². The minimum Gasteiger partial charge on any atom is -0.462 e. The highest BCUT2D eigenvalue weighted by Gasteiger charge is 2.33. The Morgan fingerprint density at radius 1 is 1.25 bits per heavy atom. The number of esters is 1. The van der Waals surface area contributed by atoms with E-state index in [0.29, 0.717) is 24.2 Å². The smallest absolute Gasteiger partial charge is 0.310 e. The van der Waals surface area contributed by atoms with Gasteiger partial charge in [0.25, 0.3) is 0 Å². The van der Waals surface area contributed by atoms with Crippen LogP contribution in [0.4, 0.5) is 0 Å². The van der Waals surface area contributed by atoms with Gasteiger partial charge in [0.1, 0.15) is 6.10 Å². The molecule has 2 heteroatoms. The van der Waals surface area contributed by atoms with Crippen molar-refractivity contribution >= 4 is 5.97 Å². The molecular formula is C18H26O2. The molecule has 1 saturated carbocycles. The molecule has 1 aromatic rings. The average molecular weight is 274 g/mol. The first-order valence-corrected chi connectivity index (χ1v) is 7.79. The van der Waals surface area contributed by atoms with Crippen LogP contribution in [-0.2, 0) is 16.0 Å². The van der Waals surface area contributed by atoms with E-state index >= 15 is 0 Å². The number of hydrogen-bond donors (Lipinski definition) is 0. The molecule has 1 aliphatic carbocycles. The van der Waals surface area contributed by atoms with Crippen LogP contribution in [0.2, 0.25) is 0 Å². The molecule has 2 unspecified atom stereocenters. The minimum absolute atomic E-state index is 0.0825. The Bertz CT molecular complexity index is 424. The van der Waals surface area contributed by atoms with Gasteiger partial charge in [0, 0.05) is 0 Å². The van der Waals surface area contributed by atoms with E-state index in [0.717, 1.165) is 12.0 Å². The summed E-state index contributed by atoms with van der Waals surface area (Å²) >= 11 is 0. The van der Waals surface area contributed by atoms with Gasteiger partial charge in [0.05, 0.1) is 6.42 Å². The van der Waals surface area contributed by atoms with E-state index in [4.69, 9.17) is 4.74 Å². The molecule has 1 aliphatic rings. The van der Waals surface area contributed by atoms with Gasteiger partial charge in [0.2, 0.25) is 0 Å². The second-order valence-electron chi connectivity index (χ2n) is 6.52. The fraction of sp³-hybridized carbons (Fsp3) is 0.611. The number of rotatable bonds is 4. The molecule has 0 heterocycles. The normalized spacial score (nSPS) is 26.5. The minimum atomic E-state index is -0.0825. The van der Waals surface area contributed by atoms with Gasteiger partial charge in [-0.1, -0.05) is 57.5 Å². The van der Waals surface area contributed by atoms with Crippen LogP contribution in [0.5, 0.6) is 0 Å². The lowest BCUT2D eigenvalue weighted by molar-refractivity contribution is -0.155. The molecule has 1 fully saturated rings. The van der Waals surface area contributed by atoms with Crippen LogP contribution in [0.3, 0.4) is 0 Å². The number of carbonyl (C=O) groups excluding carboxylic acids is 1. The average Bonchev–Trinajstić information content (AvgIpc) is 2.39. The van der Waals surface area contributed by atoms with Crippen molar-refractivity contribution in [3.8, 4) is 0 Å². The summed E-state index contributed by atoms with van der Waals surface area (Å²) < 4.78 is 5.80. The Kier molecular flexibility index (Phi) is 5.22. The van der Waals surface area contributed by atoms with Crippen molar-refractivity contribution in [3.05, 3.63) is 35.9 Å². The topological polar surface area (TPSA) is 26.3 Å². The van der Waals surface area contributed by atoms with Crippen molar-refractivity contribution in [2.75, 3.05) is 0 Å². The lowest BCUT2D eigenvalue weighted by Crippen LogP contribution is -2.36. The summed E-state index contributed by atoms with van der Waals surface area (Å²) in [6.45, 7) is 6.73. The SMILES string of the molecule is CC1CCC(C(C)C)[C@H](OC(=O)Cc2ccccc2)C1. The maximum atomic E-state index is 12.1. The van der Waals surface area contributed by atoms with Gasteiger partial charge in [-0.15, -0.1) is 0 Å². The lowest BCUT2D eigenvalue weighted by Gasteiger charge is -2.36. The highest BCUT2D eigenvalue weighted by Crippen LogP contribution is 2.35. The zero-order valence-electron chi connectivity index (χ0n) is 12.8. The number of hydrogen-bond acceptors (Lipinski definition) is 2. The second-order valence-corrected chi connectivity index (χ2v) is 6.52. The highest BCUT2D eigenvalue weighted by molar-refractivity contribution is 5.72. The highest BCUT2D eigenvalue weighted by atomic mass is 16.5. The van der Waals surface area contributed by atoms with E-state index < -0.39 is 0 Å². The molecule has 0 saturated heterocycles. The first-order chi connectivity index (χ1) is 9.56. The molecule has 0 aromatic heterocycles. The summed E-state index contributed by atoms with van der Waals surface area (Å²) in [4.78, 5) is 12.1. The quantitative estimate of drug-likeness (QED) is 0.768. The van der Waals surface area contributed by atoms with Crippen molar-refractivity contribution in [1.29, 1.82) is 0 Å². The Labute approximate surface area is 122 Å². The predicted molar refractivity (Wildman–Crippen MR) is 81.4 cm³/mol. The van der Waals surface area contributed by atoms with E-state index in [1.165, 1.54) is 12.8 Å². The maximum Gasteiger partial charge on any atom is 0.310 e. The third-order valence-corrected chi connectivity index (χ3v) is 4.44. The molecule has 0 amide bonds. The van der Waals surface area contributed by atoms with Crippen molar-refractivity contribution in [2.45, 2.75) is 52.6 Å². The van der Waals surface area contributed by atoms with E-state index in [2.05, 4.69) is 20.8 Å². The number of benzene rings is 1. The molecule has 2 rings (SSSR count). The van der Waals surface area contributed by atoms with E-state index in [1.54, 1.807) is 0 Å². The number of ether oxygens (including phenoxy) is 1. The molecule has 1 aromatic carbocycles. The van der Waals surface area contributed by atoms with Crippen molar-refractivity contribution in [2.24, 2.45) is 17.8 Å². The Hall–Kier alpha value is -1.31. The zero-order chi connectivity index (χ0) is 14.5. The molecule has 0 bridgehead atoms. The lowest BCUT2D eigenvalue weighted by atomic mass is 9.75. The van der Waals surface area contributed by atoms with Crippen LogP contribution in [0.15, 0.2) is 30.3 Å². The fourth-order valence-corrected chi connectivity index (χ4v) is 3.22. The zero-order valence-corrected chi connectivity index (χ0v) is 12.8. The Morgan fingerprint density at radius 2 is 1.95 bits per heavy atom. The monoisotopic (exact) mass is 274 g/mol. The van der Waals surface area contributed by atoms with Crippen molar-refractivity contribution in [1.82, 2.24) is 0 Å². The molecule has 0 radical (unpaired) electrons. The van der Waals surface area contributed by atoms with Crippen molar-refractivity contribution in [3.63, 3.8) is 0 Å². The van der Waals surface area contributed by atoms with Crippen LogP contribution >= 0.6 is 0 Å². The summed E-state index contributed by atoms with van der Waals surface area (Å²) in [5.74, 6) is 1.68. The van der Waals surface area contributed by atoms with Gasteiger partial charge < -0.3 is 4.74 Å². The summed E-state index contributed by atoms with van der Waals surface area (Å²) in [7, 11) is 0. The van der Waals surface area contributed by atoms with Crippen molar-refractivity contribution < 1.29 is 9.53 Å². The van der Waals surface area contributed by atoms with Gasteiger partial charge in [-0.05, 0) is 36.2 Å². The molecular weight excluding hydrogens is 248 g/mol. The first kappa shape index (κ1) is 15.1. The summed E-state index contributed by atoms with van der Waals surface area (Å²) in [6, 6.07) is 9.84. The fourth-order valence-electron chi connectivity index (χ4n) is 3.22. The van der Waals surface area contributed by atoms with Crippen LogP contribution in [-0.4, -0.2) is 12.1 Å². The van der Waals surface area contributed by atoms with Gasteiger partial charge in [0.15, 0.2) is 0 Å². The van der Waals surface area contributed by atoms with E-state index in [-0.39, 0.29) is 12.1 Å². The second kappa shape index (κ2) is 6.92. The van der Waals surface area contributed by atoms with Gasteiger partial charge >= 0.3 is 5.97 Å². The molecule has 3 atom stereocenters. The Balaban J connectivity index is 1.94. The standard InChI is InChI=1S/C18H26O2/c1-13(2)16-10-9-14(3)11-17(16)20-18(19)12-15-7-5-4-6-8-15/h4-8,13-14,16-17H,9-12H2,1-3H3/t14?,16?,17-/m1/s1. The van der Waals surface area contributed by atoms with Crippen LogP contribution < -0.4 is 0 Å². The molecule has 2 nitrogen and oxygen atoms in total. The Morgan fingerprint density at radius 3 is 2.60 bits per heavy atom. The van der Waals surface area contributed by atoms with Gasteiger partial charge in [-0.3, -0.25) is 4.79 Å². The molecule has 0 N–H and O–H groups in total. The van der Waals surface area contributed by atoms with Gasteiger partial charge in [-0.25, -0.2) is 0 Å². The first-order valence-electron chi connectivity index (χ1n) is 7.79. The number of carbonyl (C=O) groups is 1. The largest absolute Gasteiger partial charge is 0.462 e. The van der Waals surface area contributed by atoms with E-state index in [9.17, 15) is 4.79 Å². The van der Waals surface area contributed by atoms with Gasteiger partial charge in [-0.2, -0.15) is 0 Å². The predicted octanol–water partition coefficient (Wildman–Crippen LogP) is 4.23. The molecule has 0 aliphatic heterocycles. The third kappa shape index (κ3) is 4.09. The molecule has 20 heavy (non-hydrogen) atoms. The van der Waals surface area contributed by atoms with Crippen LogP contribution in [0.1, 0.15) is 45.6 Å². The summed E-state index contributed by atoms with van der Waals surface area (Å²) in [5, 5.41) is 0.